The predicted molar refractivity (Wildman–Crippen MR) is 144 cm³/mol. The Morgan fingerprint density at radius 1 is 1.26 bits per heavy atom. The van der Waals surface area contributed by atoms with E-state index in [0.717, 1.165) is 43.6 Å². The number of methoxy groups -OCH3 is 1. The number of anilines is 4. The summed E-state index contributed by atoms with van der Waals surface area (Å²) in [7, 11) is 3.40. The maximum atomic E-state index is 13.3. The Bertz CT molecular complexity index is 1260. The SMILES string of the molecule is COc1cc(C(=O)NCC2CC=CO2)ccc1Nc1ncc2c(n1)N(C1CCCC1)CC1(CC1)C(=O)N2C. The highest BCUT2D eigenvalue weighted by Gasteiger charge is 2.55. The van der Waals surface area contributed by atoms with Gasteiger partial charge in [-0.3, -0.25) is 9.59 Å². The number of benzene rings is 1. The lowest BCUT2D eigenvalue weighted by atomic mass is 10.0. The summed E-state index contributed by atoms with van der Waals surface area (Å²) in [6.45, 7) is 1.15. The molecule has 1 atom stereocenters. The average Bonchev–Trinajstić information content (AvgIpc) is 3.31. The van der Waals surface area contributed by atoms with Gasteiger partial charge in [0.05, 0.1) is 37.2 Å². The van der Waals surface area contributed by atoms with Crippen LogP contribution < -0.4 is 25.2 Å². The molecule has 1 aromatic heterocycles. The molecule has 2 aliphatic heterocycles. The molecule has 2 saturated carbocycles. The van der Waals surface area contributed by atoms with Crippen LogP contribution in [0.1, 0.15) is 55.3 Å². The molecule has 200 valence electrons. The molecule has 2 N–H and O–H groups in total. The van der Waals surface area contributed by atoms with Gasteiger partial charge in [0.1, 0.15) is 17.5 Å². The molecule has 6 rings (SSSR count). The van der Waals surface area contributed by atoms with E-state index in [1.165, 1.54) is 12.8 Å². The lowest BCUT2D eigenvalue weighted by Gasteiger charge is -2.31. The zero-order valence-corrected chi connectivity index (χ0v) is 21.9. The number of hydrogen-bond donors (Lipinski definition) is 2. The van der Waals surface area contributed by atoms with E-state index < -0.39 is 0 Å². The molecular weight excluding hydrogens is 484 g/mol. The van der Waals surface area contributed by atoms with E-state index in [-0.39, 0.29) is 23.3 Å². The maximum absolute atomic E-state index is 13.3. The molecule has 2 aliphatic carbocycles. The first-order valence-electron chi connectivity index (χ1n) is 13.4. The topological polar surface area (TPSA) is 109 Å². The first-order valence-corrected chi connectivity index (χ1v) is 13.4. The lowest BCUT2D eigenvalue weighted by molar-refractivity contribution is -0.122. The number of aromatic nitrogens is 2. The number of hydrogen-bond acceptors (Lipinski definition) is 8. The van der Waals surface area contributed by atoms with Crippen molar-refractivity contribution in [3.05, 3.63) is 42.3 Å². The Kier molecular flexibility index (Phi) is 6.33. The van der Waals surface area contributed by atoms with Crippen molar-refractivity contribution in [1.82, 2.24) is 15.3 Å². The Morgan fingerprint density at radius 3 is 2.79 bits per heavy atom. The van der Waals surface area contributed by atoms with Crippen molar-refractivity contribution in [2.24, 2.45) is 5.41 Å². The van der Waals surface area contributed by atoms with Crippen molar-refractivity contribution in [2.75, 3.05) is 42.4 Å². The van der Waals surface area contributed by atoms with E-state index in [0.29, 0.717) is 42.1 Å². The average molecular weight is 519 g/mol. The van der Waals surface area contributed by atoms with Gasteiger partial charge in [0, 0.05) is 31.6 Å². The summed E-state index contributed by atoms with van der Waals surface area (Å²) in [4.78, 5) is 39.6. The molecule has 2 amide bonds. The van der Waals surface area contributed by atoms with Gasteiger partial charge in [-0.25, -0.2) is 4.98 Å². The standard InChI is InChI=1S/C28H34N6O4/c1-33-22-16-30-27(32-24(22)34(19-6-3-4-7-19)17-28(11-12-28)26(33)36)31-21-10-9-18(14-23(21)37-2)25(35)29-15-20-8-5-13-38-20/h5,9-10,13-14,16,19-20H,3-4,6-8,11-12,15,17H2,1-2H3,(H,29,35)(H,30,31,32). The summed E-state index contributed by atoms with van der Waals surface area (Å²) < 4.78 is 11.0. The zero-order chi connectivity index (χ0) is 26.3. The Hall–Kier alpha value is -3.82. The van der Waals surface area contributed by atoms with Crippen LogP contribution in [-0.2, 0) is 9.53 Å². The second kappa shape index (κ2) is 9.81. The van der Waals surface area contributed by atoms with Crippen molar-refractivity contribution in [3.63, 3.8) is 0 Å². The van der Waals surface area contributed by atoms with Crippen molar-refractivity contribution in [2.45, 2.75) is 57.1 Å². The van der Waals surface area contributed by atoms with Gasteiger partial charge in [-0.1, -0.05) is 12.8 Å². The minimum absolute atomic E-state index is 0.0277. The summed E-state index contributed by atoms with van der Waals surface area (Å²) in [6.07, 6.45) is 12.6. The van der Waals surface area contributed by atoms with E-state index in [2.05, 4.69) is 20.5 Å². The molecule has 0 bridgehead atoms. The van der Waals surface area contributed by atoms with Crippen molar-refractivity contribution < 1.29 is 19.1 Å². The molecule has 1 spiro atoms. The largest absolute Gasteiger partial charge is 0.496 e. The Balaban J connectivity index is 1.24. The Morgan fingerprint density at radius 2 is 2.08 bits per heavy atom. The number of fused-ring (bicyclic) bond motifs is 1. The molecule has 38 heavy (non-hydrogen) atoms. The van der Waals surface area contributed by atoms with Crippen LogP contribution in [0.5, 0.6) is 5.75 Å². The predicted octanol–water partition coefficient (Wildman–Crippen LogP) is 3.77. The van der Waals surface area contributed by atoms with Gasteiger partial charge in [0.15, 0.2) is 5.82 Å². The molecule has 0 radical (unpaired) electrons. The van der Waals surface area contributed by atoms with Gasteiger partial charge in [-0.2, -0.15) is 4.98 Å². The van der Waals surface area contributed by atoms with Gasteiger partial charge in [-0.05, 0) is 50.0 Å². The minimum atomic E-state index is -0.300. The van der Waals surface area contributed by atoms with Crippen LogP contribution in [0, 0.1) is 5.41 Å². The third kappa shape index (κ3) is 4.52. The Labute approximate surface area is 222 Å². The van der Waals surface area contributed by atoms with Crippen molar-refractivity contribution in [3.8, 4) is 5.75 Å². The molecule has 2 fully saturated rings. The van der Waals surface area contributed by atoms with Crippen LogP contribution in [0.25, 0.3) is 0 Å². The highest BCUT2D eigenvalue weighted by Crippen LogP contribution is 2.52. The zero-order valence-electron chi connectivity index (χ0n) is 21.9. The first kappa shape index (κ1) is 24.5. The number of rotatable bonds is 7. The molecular formula is C28H34N6O4. The van der Waals surface area contributed by atoms with Gasteiger partial charge in [0.2, 0.25) is 11.9 Å². The third-order valence-electron chi connectivity index (χ3n) is 8.20. The fraction of sp³-hybridized carbons (Fsp3) is 0.500. The van der Waals surface area contributed by atoms with Crippen LogP contribution in [0.2, 0.25) is 0 Å². The van der Waals surface area contributed by atoms with Gasteiger partial charge >= 0.3 is 0 Å². The number of ether oxygens (including phenoxy) is 2. The number of carbonyl (C=O) groups is 2. The monoisotopic (exact) mass is 518 g/mol. The van der Waals surface area contributed by atoms with E-state index >= 15 is 0 Å². The van der Waals surface area contributed by atoms with E-state index in [1.807, 2.05) is 13.1 Å². The van der Waals surface area contributed by atoms with Gasteiger partial charge in [0.25, 0.3) is 5.91 Å². The smallest absolute Gasteiger partial charge is 0.251 e. The lowest BCUT2D eigenvalue weighted by Crippen LogP contribution is -2.41. The van der Waals surface area contributed by atoms with E-state index in [9.17, 15) is 9.59 Å². The van der Waals surface area contributed by atoms with Crippen LogP contribution in [0.3, 0.4) is 0 Å². The van der Waals surface area contributed by atoms with Crippen LogP contribution in [0.4, 0.5) is 23.1 Å². The van der Waals surface area contributed by atoms with Crippen LogP contribution in [-0.4, -0.2) is 61.2 Å². The second-order valence-electron chi connectivity index (χ2n) is 10.7. The summed E-state index contributed by atoms with van der Waals surface area (Å²) >= 11 is 0. The molecule has 10 nitrogen and oxygen atoms in total. The number of amides is 2. The fourth-order valence-electron chi connectivity index (χ4n) is 5.78. The molecule has 1 aromatic carbocycles. The van der Waals surface area contributed by atoms with Crippen molar-refractivity contribution >= 4 is 35.0 Å². The summed E-state index contributed by atoms with van der Waals surface area (Å²) in [5.74, 6) is 1.69. The highest BCUT2D eigenvalue weighted by atomic mass is 16.5. The summed E-state index contributed by atoms with van der Waals surface area (Å²) in [5.41, 5.74) is 1.59. The molecule has 4 aliphatic rings. The van der Waals surface area contributed by atoms with Crippen LogP contribution >= 0.6 is 0 Å². The first-order chi connectivity index (χ1) is 18.5. The van der Waals surface area contributed by atoms with E-state index in [1.54, 1.807) is 42.7 Å². The van der Waals surface area contributed by atoms with Crippen molar-refractivity contribution in [1.29, 1.82) is 0 Å². The molecule has 0 saturated heterocycles. The molecule has 3 heterocycles. The summed E-state index contributed by atoms with van der Waals surface area (Å²) in [5, 5.41) is 6.18. The molecule has 2 aromatic rings. The minimum Gasteiger partial charge on any atom is -0.496 e. The molecule has 1 unspecified atom stereocenters. The highest BCUT2D eigenvalue weighted by molar-refractivity contribution is 6.03. The summed E-state index contributed by atoms with van der Waals surface area (Å²) in [6, 6.07) is 5.61. The third-order valence-corrected chi connectivity index (χ3v) is 8.20. The number of carbonyl (C=O) groups excluding carboxylic acids is 2. The maximum Gasteiger partial charge on any atom is 0.251 e. The number of nitrogens with zero attached hydrogens (tertiary/aromatic N) is 4. The normalized spacial score (nSPS) is 21.7. The molecule has 10 heteroatoms. The van der Waals surface area contributed by atoms with Gasteiger partial charge < -0.3 is 29.9 Å². The number of nitrogens with one attached hydrogen (secondary N) is 2. The van der Waals surface area contributed by atoms with Crippen LogP contribution in [0.15, 0.2) is 36.7 Å². The second-order valence-corrected chi connectivity index (χ2v) is 10.7. The van der Waals surface area contributed by atoms with E-state index in [4.69, 9.17) is 14.5 Å². The quantitative estimate of drug-likeness (QED) is 0.570. The van der Waals surface area contributed by atoms with Gasteiger partial charge in [-0.15, -0.1) is 0 Å². The fourth-order valence-corrected chi connectivity index (χ4v) is 5.78.